The van der Waals surface area contributed by atoms with Crippen molar-refractivity contribution in [1.29, 1.82) is 0 Å². The van der Waals surface area contributed by atoms with E-state index in [1.807, 2.05) is 12.1 Å². The van der Waals surface area contributed by atoms with Crippen molar-refractivity contribution in [2.24, 2.45) is 5.92 Å². The molecule has 0 bridgehead atoms. The Hall–Kier alpha value is -1.84. The molecule has 2 aromatic carbocycles. The Morgan fingerprint density at radius 3 is 2.50 bits per heavy atom. The third kappa shape index (κ3) is 3.87. The second-order valence-electron chi connectivity index (χ2n) is 5.72. The zero-order valence-electron chi connectivity index (χ0n) is 12.3. The molecular formula is C18H19ClN2O. The lowest BCUT2D eigenvalue weighted by molar-refractivity contribution is 0.102. The van der Waals surface area contributed by atoms with Crippen LogP contribution in [0, 0.1) is 5.92 Å². The van der Waals surface area contributed by atoms with Crippen LogP contribution in [0.3, 0.4) is 0 Å². The number of hydrogen-bond acceptors (Lipinski definition) is 2. The third-order valence-corrected chi connectivity index (χ3v) is 4.26. The van der Waals surface area contributed by atoms with Crippen LogP contribution in [0.5, 0.6) is 0 Å². The minimum Gasteiger partial charge on any atom is -0.322 e. The number of carbonyl (C=O) groups is 1. The Morgan fingerprint density at radius 1 is 1.14 bits per heavy atom. The molecule has 1 amide bonds. The number of benzene rings is 2. The predicted molar refractivity (Wildman–Crippen MR) is 90.5 cm³/mol. The first-order chi connectivity index (χ1) is 10.7. The van der Waals surface area contributed by atoms with Gasteiger partial charge in [-0.1, -0.05) is 23.7 Å². The molecule has 114 valence electrons. The van der Waals surface area contributed by atoms with Crippen LogP contribution in [0.1, 0.15) is 22.3 Å². The lowest BCUT2D eigenvalue weighted by Gasteiger charge is -2.10. The predicted octanol–water partition coefficient (Wildman–Crippen LogP) is 3.74. The van der Waals surface area contributed by atoms with Crippen LogP contribution in [0.4, 0.5) is 5.69 Å². The van der Waals surface area contributed by atoms with E-state index in [2.05, 4.69) is 22.8 Å². The lowest BCUT2D eigenvalue weighted by atomic mass is 9.98. The molecule has 2 N–H and O–H groups in total. The van der Waals surface area contributed by atoms with E-state index in [4.69, 9.17) is 11.6 Å². The summed E-state index contributed by atoms with van der Waals surface area (Å²) < 4.78 is 0. The number of amides is 1. The van der Waals surface area contributed by atoms with Gasteiger partial charge in [-0.3, -0.25) is 4.79 Å². The third-order valence-electron chi connectivity index (χ3n) is 4.00. The molecule has 4 heteroatoms. The van der Waals surface area contributed by atoms with Gasteiger partial charge in [-0.2, -0.15) is 0 Å². The quantitative estimate of drug-likeness (QED) is 0.902. The summed E-state index contributed by atoms with van der Waals surface area (Å²) in [7, 11) is 0. The van der Waals surface area contributed by atoms with Crippen LogP contribution in [0.2, 0.25) is 5.02 Å². The van der Waals surface area contributed by atoms with E-state index in [9.17, 15) is 4.79 Å². The molecule has 3 rings (SSSR count). The molecule has 0 spiro atoms. The SMILES string of the molecule is O=C(Nc1ccc(C[C@@H]2CCNC2)cc1)c1ccc(Cl)cc1. The van der Waals surface area contributed by atoms with Gasteiger partial charge in [-0.25, -0.2) is 0 Å². The number of anilines is 1. The minimum absolute atomic E-state index is 0.121. The van der Waals surface area contributed by atoms with Crippen LogP contribution in [0.15, 0.2) is 48.5 Å². The highest BCUT2D eigenvalue weighted by molar-refractivity contribution is 6.30. The summed E-state index contributed by atoms with van der Waals surface area (Å²) in [4.78, 5) is 12.1. The first-order valence-electron chi connectivity index (χ1n) is 7.57. The van der Waals surface area contributed by atoms with Gasteiger partial charge in [0.25, 0.3) is 5.91 Å². The van der Waals surface area contributed by atoms with Crippen molar-refractivity contribution in [3.05, 3.63) is 64.7 Å². The summed E-state index contributed by atoms with van der Waals surface area (Å²) in [5.41, 5.74) is 2.73. The zero-order chi connectivity index (χ0) is 15.4. The Bertz CT molecular complexity index is 631. The molecule has 22 heavy (non-hydrogen) atoms. The van der Waals surface area contributed by atoms with Crippen molar-refractivity contribution in [3.63, 3.8) is 0 Å². The van der Waals surface area contributed by atoms with E-state index in [1.165, 1.54) is 12.0 Å². The molecule has 0 saturated carbocycles. The number of rotatable bonds is 4. The van der Waals surface area contributed by atoms with E-state index >= 15 is 0 Å². The van der Waals surface area contributed by atoms with Gasteiger partial charge < -0.3 is 10.6 Å². The van der Waals surface area contributed by atoms with Crippen LogP contribution in [-0.4, -0.2) is 19.0 Å². The normalized spacial score (nSPS) is 17.4. The fourth-order valence-electron chi connectivity index (χ4n) is 2.75. The Labute approximate surface area is 135 Å². The average Bonchev–Trinajstić information content (AvgIpc) is 3.03. The van der Waals surface area contributed by atoms with E-state index in [0.29, 0.717) is 10.6 Å². The zero-order valence-corrected chi connectivity index (χ0v) is 13.1. The van der Waals surface area contributed by atoms with Crippen molar-refractivity contribution in [3.8, 4) is 0 Å². The van der Waals surface area contributed by atoms with Crippen molar-refractivity contribution in [1.82, 2.24) is 5.32 Å². The summed E-state index contributed by atoms with van der Waals surface area (Å²) in [6, 6.07) is 15.0. The Kier molecular flexibility index (Phi) is 4.76. The van der Waals surface area contributed by atoms with Gasteiger partial charge in [0.05, 0.1) is 0 Å². The summed E-state index contributed by atoms with van der Waals surface area (Å²) >= 11 is 5.83. The topological polar surface area (TPSA) is 41.1 Å². The smallest absolute Gasteiger partial charge is 0.255 e. The monoisotopic (exact) mass is 314 g/mol. The Morgan fingerprint density at radius 2 is 1.86 bits per heavy atom. The van der Waals surface area contributed by atoms with Crippen LogP contribution in [-0.2, 0) is 6.42 Å². The van der Waals surface area contributed by atoms with E-state index in [-0.39, 0.29) is 5.91 Å². The molecule has 0 aliphatic carbocycles. The number of carbonyl (C=O) groups excluding carboxylic acids is 1. The molecular weight excluding hydrogens is 296 g/mol. The maximum atomic E-state index is 12.1. The molecule has 2 aromatic rings. The molecule has 1 aliphatic rings. The van der Waals surface area contributed by atoms with Gasteiger partial charge in [-0.05, 0) is 73.8 Å². The van der Waals surface area contributed by atoms with E-state index in [1.54, 1.807) is 24.3 Å². The standard InChI is InChI=1S/C18H19ClN2O/c19-16-5-3-15(4-6-16)18(22)21-17-7-1-13(2-8-17)11-14-9-10-20-12-14/h1-8,14,20H,9-12H2,(H,21,22)/t14-/m0/s1. The molecule has 1 saturated heterocycles. The fourth-order valence-corrected chi connectivity index (χ4v) is 2.88. The number of nitrogens with one attached hydrogen (secondary N) is 2. The highest BCUT2D eigenvalue weighted by atomic mass is 35.5. The highest BCUT2D eigenvalue weighted by Gasteiger charge is 2.14. The number of halogens is 1. The molecule has 3 nitrogen and oxygen atoms in total. The summed E-state index contributed by atoms with van der Waals surface area (Å²) in [5, 5.41) is 6.92. The van der Waals surface area contributed by atoms with Gasteiger partial charge in [0.1, 0.15) is 0 Å². The van der Waals surface area contributed by atoms with Gasteiger partial charge in [0, 0.05) is 16.3 Å². The molecule has 0 radical (unpaired) electrons. The maximum Gasteiger partial charge on any atom is 0.255 e. The molecule has 1 heterocycles. The van der Waals surface area contributed by atoms with Crippen molar-refractivity contribution >= 4 is 23.2 Å². The second-order valence-corrected chi connectivity index (χ2v) is 6.16. The second kappa shape index (κ2) is 6.95. The van der Waals surface area contributed by atoms with Gasteiger partial charge in [-0.15, -0.1) is 0 Å². The first-order valence-corrected chi connectivity index (χ1v) is 7.95. The van der Waals surface area contributed by atoms with Crippen molar-refractivity contribution in [2.75, 3.05) is 18.4 Å². The first kappa shape index (κ1) is 15.1. The molecule has 0 aromatic heterocycles. The van der Waals surface area contributed by atoms with Crippen LogP contribution in [0.25, 0.3) is 0 Å². The largest absolute Gasteiger partial charge is 0.322 e. The molecule has 1 aliphatic heterocycles. The van der Waals surface area contributed by atoms with Crippen molar-refractivity contribution < 1.29 is 4.79 Å². The average molecular weight is 315 g/mol. The van der Waals surface area contributed by atoms with Gasteiger partial charge in [0.15, 0.2) is 0 Å². The van der Waals surface area contributed by atoms with E-state index in [0.717, 1.165) is 31.1 Å². The Balaban J connectivity index is 1.60. The highest BCUT2D eigenvalue weighted by Crippen LogP contribution is 2.18. The summed E-state index contributed by atoms with van der Waals surface area (Å²) in [6.07, 6.45) is 2.34. The molecule has 1 fully saturated rings. The fraction of sp³-hybridized carbons (Fsp3) is 0.278. The minimum atomic E-state index is -0.121. The summed E-state index contributed by atoms with van der Waals surface area (Å²) in [6.45, 7) is 2.23. The van der Waals surface area contributed by atoms with Crippen molar-refractivity contribution in [2.45, 2.75) is 12.8 Å². The molecule has 1 atom stereocenters. The van der Waals surface area contributed by atoms with Gasteiger partial charge >= 0.3 is 0 Å². The number of hydrogen-bond donors (Lipinski definition) is 2. The van der Waals surface area contributed by atoms with E-state index < -0.39 is 0 Å². The molecule has 0 unspecified atom stereocenters. The summed E-state index contributed by atoms with van der Waals surface area (Å²) in [5.74, 6) is 0.610. The van der Waals surface area contributed by atoms with Crippen LogP contribution >= 0.6 is 11.6 Å². The van der Waals surface area contributed by atoms with Gasteiger partial charge in [0.2, 0.25) is 0 Å². The lowest BCUT2D eigenvalue weighted by Crippen LogP contribution is -2.12. The maximum absolute atomic E-state index is 12.1. The van der Waals surface area contributed by atoms with Crippen LogP contribution < -0.4 is 10.6 Å².